The average molecular weight is 396 g/mol. The fraction of sp³-hybridized carbons (Fsp3) is 0.591. The van der Waals surface area contributed by atoms with E-state index in [0.29, 0.717) is 30.4 Å². The van der Waals surface area contributed by atoms with Crippen LogP contribution in [0.3, 0.4) is 0 Å². The molecule has 3 aliphatic heterocycles. The van der Waals surface area contributed by atoms with E-state index in [9.17, 15) is 14.4 Å². The summed E-state index contributed by atoms with van der Waals surface area (Å²) in [4.78, 5) is 40.6. The van der Waals surface area contributed by atoms with Gasteiger partial charge in [0, 0.05) is 44.2 Å². The van der Waals surface area contributed by atoms with Crippen LogP contribution in [0.15, 0.2) is 18.2 Å². The lowest BCUT2D eigenvalue weighted by Gasteiger charge is -2.39. The van der Waals surface area contributed by atoms with Gasteiger partial charge in [0.25, 0.3) is 5.91 Å². The zero-order valence-electron chi connectivity index (χ0n) is 16.6. The summed E-state index contributed by atoms with van der Waals surface area (Å²) in [5, 5.41) is 2.35. The van der Waals surface area contributed by atoms with Crippen molar-refractivity contribution in [3.63, 3.8) is 0 Å². The van der Waals surface area contributed by atoms with Crippen LogP contribution in [0.2, 0.25) is 0 Å². The highest BCUT2D eigenvalue weighted by Gasteiger charge is 2.40. The summed E-state index contributed by atoms with van der Waals surface area (Å²) in [7, 11) is 0. The molecule has 154 valence electrons. The molecule has 3 heterocycles. The Morgan fingerprint density at radius 1 is 1.10 bits per heavy atom. The van der Waals surface area contributed by atoms with Gasteiger partial charge in [-0.2, -0.15) is 0 Å². The van der Waals surface area contributed by atoms with Crippen LogP contribution in [-0.4, -0.2) is 52.7 Å². The van der Waals surface area contributed by atoms with Crippen LogP contribution in [-0.2, 0) is 22.7 Å². The van der Waals surface area contributed by atoms with Crippen molar-refractivity contribution >= 4 is 17.7 Å². The summed E-state index contributed by atoms with van der Waals surface area (Å²) < 4.78 is 0. The van der Waals surface area contributed by atoms with Crippen LogP contribution in [0.5, 0.6) is 0 Å². The lowest BCUT2D eigenvalue weighted by atomic mass is 9.85. The van der Waals surface area contributed by atoms with Gasteiger partial charge in [0.2, 0.25) is 11.8 Å². The second-order valence-corrected chi connectivity index (χ2v) is 9.10. The molecule has 3 amide bonds. The monoisotopic (exact) mass is 396 g/mol. The number of nitrogens with two attached hydrogens (primary N) is 1. The average Bonchev–Trinajstić information content (AvgIpc) is 3.27. The van der Waals surface area contributed by atoms with E-state index in [2.05, 4.69) is 16.3 Å². The smallest absolute Gasteiger partial charge is 0.255 e. The summed E-state index contributed by atoms with van der Waals surface area (Å²) in [6.45, 7) is 3.23. The van der Waals surface area contributed by atoms with Crippen LogP contribution in [0.25, 0.3) is 0 Å². The van der Waals surface area contributed by atoms with Gasteiger partial charge in [-0.05, 0) is 48.3 Å². The van der Waals surface area contributed by atoms with E-state index in [0.717, 1.165) is 30.8 Å². The molecule has 2 saturated heterocycles. The van der Waals surface area contributed by atoms with E-state index < -0.39 is 6.04 Å². The van der Waals surface area contributed by atoms with Crippen molar-refractivity contribution < 1.29 is 14.4 Å². The molecule has 4 unspecified atom stereocenters. The number of rotatable bonds is 3. The minimum Gasteiger partial charge on any atom is -0.326 e. The summed E-state index contributed by atoms with van der Waals surface area (Å²) in [6.07, 6.45) is 4.51. The molecule has 0 radical (unpaired) electrons. The quantitative estimate of drug-likeness (QED) is 0.744. The maximum absolute atomic E-state index is 13.0. The third-order valence-electron chi connectivity index (χ3n) is 7.23. The van der Waals surface area contributed by atoms with Crippen LogP contribution in [0, 0.1) is 11.8 Å². The lowest BCUT2D eigenvalue weighted by molar-refractivity contribution is -0.136. The molecule has 1 saturated carbocycles. The summed E-state index contributed by atoms with van der Waals surface area (Å²) >= 11 is 0. The number of hydrogen-bond donors (Lipinski definition) is 2. The highest BCUT2D eigenvalue weighted by Crippen LogP contribution is 2.38. The molecule has 1 aromatic carbocycles. The third kappa shape index (κ3) is 3.36. The van der Waals surface area contributed by atoms with Gasteiger partial charge < -0.3 is 10.6 Å². The highest BCUT2D eigenvalue weighted by atomic mass is 16.2. The number of likely N-dealkylation sites (tertiary alicyclic amines) is 1. The molecule has 5 rings (SSSR count). The number of fused-ring (bicyclic) bond motifs is 2. The zero-order valence-corrected chi connectivity index (χ0v) is 16.6. The standard InChI is InChI=1S/C22H28N4O3/c23-18-12-25(10-14-2-1-3-16(14)18)9-13-4-5-15-11-26(22(29)17(15)8-13)19-6-7-20(27)24-21(19)28/h4-5,8,14,16,18-19H,1-3,6-7,9-12,23H2,(H,24,27,28). The molecule has 4 atom stereocenters. The van der Waals surface area contributed by atoms with Crippen molar-refractivity contribution in [2.24, 2.45) is 17.6 Å². The van der Waals surface area contributed by atoms with Crippen LogP contribution in [0.1, 0.15) is 53.6 Å². The first kappa shape index (κ1) is 18.8. The summed E-state index contributed by atoms with van der Waals surface area (Å²) in [6, 6.07) is 5.77. The Morgan fingerprint density at radius 3 is 2.79 bits per heavy atom. The van der Waals surface area contributed by atoms with Gasteiger partial charge >= 0.3 is 0 Å². The first-order valence-electron chi connectivity index (χ1n) is 10.7. The fourth-order valence-corrected chi connectivity index (χ4v) is 5.78. The molecular formula is C22H28N4O3. The maximum Gasteiger partial charge on any atom is 0.255 e. The van der Waals surface area contributed by atoms with E-state index in [-0.39, 0.29) is 30.2 Å². The molecule has 0 spiro atoms. The van der Waals surface area contributed by atoms with Crippen molar-refractivity contribution in [1.29, 1.82) is 0 Å². The lowest BCUT2D eigenvalue weighted by Crippen LogP contribution is -2.52. The largest absolute Gasteiger partial charge is 0.326 e. The Bertz CT molecular complexity index is 870. The van der Waals surface area contributed by atoms with E-state index >= 15 is 0 Å². The number of amides is 3. The first-order chi connectivity index (χ1) is 14.0. The number of piperidine rings is 2. The third-order valence-corrected chi connectivity index (χ3v) is 7.23. The van der Waals surface area contributed by atoms with Crippen molar-refractivity contribution in [2.75, 3.05) is 13.1 Å². The number of hydrogen-bond acceptors (Lipinski definition) is 5. The first-order valence-corrected chi connectivity index (χ1v) is 10.7. The van der Waals surface area contributed by atoms with E-state index in [4.69, 9.17) is 5.73 Å². The minimum absolute atomic E-state index is 0.109. The highest BCUT2D eigenvalue weighted by molar-refractivity contribution is 6.05. The van der Waals surface area contributed by atoms with E-state index in [1.165, 1.54) is 19.3 Å². The number of carbonyl (C=O) groups is 3. The minimum atomic E-state index is -0.560. The van der Waals surface area contributed by atoms with Crippen LogP contribution in [0.4, 0.5) is 0 Å². The Balaban J connectivity index is 1.29. The van der Waals surface area contributed by atoms with Gasteiger partial charge in [-0.1, -0.05) is 18.6 Å². The van der Waals surface area contributed by atoms with E-state index in [1.807, 2.05) is 12.1 Å². The van der Waals surface area contributed by atoms with Crippen molar-refractivity contribution in [2.45, 2.75) is 57.3 Å². The summed E-state index contributed by atoms with van der Waals surface area (Å²) in [5.41, 5.74) is 9.19. The molecule has 0 aromatic heterocycles. The molecule has 7 heteroatoms. The molecular weight excluding hydrogens is 368 g/mol. The molecule has 29 heavy (non-hydrogen) atoms. The predicted octanol–water partition coefficient (Wildman–Crippen LogP) is 1.01. The zero-order chi connectivity index (χ0) is 20.1. The van der Waals surface area contributed by atoms with Gasteiger partial charge in [-0.3, -0.25) is 24.6 Å². The number of nitrogens with one attached hydrogen (secondary N) is 1. The van der Waals surface area contributed by atoms with Gasteiger partial charge in [-0.15, -0.1) is 0 Å². The Labute approximate surface area is 170 Å². The summed E-state index contributed by atoms with van der Waals surface area (Å²) in [5.74, 6) is 0.647. The van der Waals surface area contributed by atoms with Crippen molar-refractivity contribution in [3.8, 4) is 0 Å². The molecule has 3 fully saturated rings. The number of benzene rings is 1. The molecule has 0 bridgehead atoms. The van der Waals surface area contributed by atoms with Gasteiger partial charge in [-0.25, -0.2) is 0 Å². The van der Waals surface area contributed by atoms with Crippen molar-refractivity contribution in [1.82, 2.24) is 15.1 Å². The second kappa shape index (κ2) is 7.22. The SMILES string of the molecule is NC1CN(Cc2ccc3c(c2)C(=O)N(C2CCC(=O)NC2=O)C3)CC2CCCC12. The Hall–Kier alpha value is -2.25. The molecule has 4 aliphatic rings. The molecule has 1 aliphatic carbocycles. The predicted molar refractivity (Wildman–Crippen MR) is 107 cm³/mol. The Kier molecular flexibility index (Phi) is 4.67. The molecule has 7 nitrogen and oxygen atoms in total. The van der Waals surface area contributed by atoms with Crippen LogP contribution >= 0.6 is 0 Å². The normalized spacial score (nSPS) is 32.3. The van der Waals surface area contributed by atoms with Crippen LogP contribution < -0.4 is 11.1 Å². The topological polar surface area (TPSA) is 95.7 Å². The maximum atomic E-state index is 13.0. The Morgan fingerprint density at radius 2 is 1.97 bits per heavy atom. The fourth-order valence-electron chi connectivity index (χ4n) is 5.78. The van der Waals surface area contributed by atoms with Gasteiger partial charge in [0.1, 0.15) is 6.04 Å². The van der Waals surface area contributed by atoms with Gasteiger partial charge in [0.15, 0.2) is 0 Å². The second-order valence-electron chi connectivity index (χ2n) is 9.10. The number of imide groups is 1. The van der Waals surface area contributed by atoms with Gasteiger partial charge in [0.05, 0.1) is 0 Å². The molecule has 1 aromatic rings. The molecule has 3 N–H and O–H groups in total. The van der Waals surface area contributed by atoms with Crippen molar-refractivity contribution in [3.05, 3.63) is 34.9 Å². The van der Waals surface area contributed by atoms with E-state index in [1.54, 1.807) is 4.90 Å². The number of carbonyl (C=O) groups excluding carboxylic acids is 3. The number of nitrogens with zero attached hydrogens (tertiary/aromatic N) is 2.